The second-order valence-electron chi connectivity index (χ2n) is 5.09. The van der Waals surface area contributed by atoms with Crippen LogP contribution in [-0.2, 0) is 10.2 Å². The topological polar surface area (TPSA) is 53.5 Å². The third-order valence-corrected chi connectivity index (χ3v) is 4.23. The quantitative estimate of drug-likeness (QED) is 0.799. The van der Waals surface area contributed by atoms with Crippen LogP contribution in [0.2, 0.25) is 0 Å². The molecule has 1 fully saturated rings. The average molecular weight is 251 g/mol. The standard InChI is InChI=1S/C12H17N3OS/c1-12(2,3)8-6-5-7(17-8)9-10(16)15-11(13-4)14-9/h5-6,9H,1-4H3,(H2,13,14,15,16). The van der Waals surface area contributed by atoms with E-state index in [1.54, 1.807) is 18.4 Å². The van der Waals surface area contributed by atoms with Crippen molar-refractivity contribution in [3.05, 3.63) is 21.9 Å². The van der Waals surface area contributed by atoms with Crippen LogP contribution in [0.25, 0.3) is 0 Å². The van der Waals surface area contributed by atoms with Gasteiger partial charge in [-0.15, -0.1) is 11.3 Å². The van der Waals surface area contributed by atoms with Gasteiger partial charge in [0.1, 0.15) is 6.04 Å². The molecule has 1 saturated heterocycles. The smallest absolute Gasteiger partial charge is 0.254 e. The molecule has 1 aromatic rings. The Morgan fingerprint density at radius 2 is 2.06 bits per heavy atom. The molecule has 1 atom stereocenters. The highest BCUT2D eigenvalue weighted by atomic mass is 32.1. The number of amides is 1. The van der Waals surface area contributed by atoms with E-state index in [4.69, 9.17) is 0 Å². The van der Waals surface area contributed by atoms with E-state index in [1.165, 1.54) is 4.88 Å². The Balaban J connectivity index is 2.25. The molecule has 0 radical (unpaired) electrons. The summed E-state index contributed by atoms with van der Waals surface area (Å²) in [5.41, 5.74) is 0.125. The Labute approximate surface area is 105 Å². The molecule has 1 aliphatic heterocycles. The Morgan fingerprint density at radius 3 is 2.53 bits per heavy atom. The summed E-state index contributed by atoms with van der Waals surface area (Å²) >= 11 is 1.68. The fourth-order valence-electron chi connectivity index (χ4n) is 1.66. The van der Waals surface area contributed by atoms with Crippen molar-refractivity contribution in [1.82, 2.24) is 10.6 Å². The fraction of sp³-hybridized carbons (Fsp3) is 0.500. The molecule has 17 heavy (non-hydrogen) atoms. The minimum Gasteiger partial charge on any atom is -0.340 e. The van der Waals surface area contributed by atoms with Crippen molar-refractivity contribution in [1.29, 1.82) is 0 Å². The molecule has 2 N–H and O–H groups in total. The van der Waals surface area contributed by atoms with Gasteiger partial charge in [0, 0.05) is 16.8 Å². The van der Waals surface area contributed by atoms with E-state index in [-0.39, 0.29) is 17.4 Å². The summed E-state index contributed by atoms with van der Waals surface area (Å²) in [4.78, 5) is 18.0. The Morgan fingerprint density at radius 1 is 1.35 bits per heavy atom. The van der Waals surface area contributed by atoms with Crippen molar-refractivity contribution in [2.24, 2.45) is 4.99 Å². The SMILES string of the molecule is CN=C1NC(=O)C(c2ccc(C(C)(C)C)s2)N1. The highest BCUT2D eigenvalue weighted by Gasteiger charge is 2.31. The number of hydrogen-bond donors (Lipinski definition) is 2. The molecule has 4 nitrogen and oxygen atoms in total. The molecule has 1 amide bonds. The first-order valence-electron chi connectivity index (χ1n) is 5.56. The van der Waals surface area contributed by atoms with E-state index in [0.29, 0.717) is 5.96 Å². The summed E-state index contributed by atoms with van der Waals surface area (Å²) < 4.78 is 0. The summed E-state index contributed by atoms with van der Waals surface area (Å²) in [6.07, 6.45) is 0. The number of aliphatic imine (C=N–C) groups is 1. The zero-order valence-corrected chi connectivity index (χ0v) is 11.3. The van der Waals surface area contributed by atoms with E-state index in [2.05, 4.69) is 42.5 Å². The maximum atomic E-state index is 11.8. The largest absolute Gasteiger partial charge is 0.340 e. The van der Waals surface area contributed by atoms with E-state index < -0.39 is 0 Å². The molecule has 92 valence electrons. The van der Waals surface area contributed by atoms with Crippen molar-refractivity contribution < 1.29 is 4.79 Å². The molecule has 1 aliphatic rings. The molecule has 1 unspecified atom stereocenters. The lowest BCUT2D eigenvalue weighted by atomic mass is 9.95. The normalized spacial score (nSPS) is 22.7. The molecule has 0 aliphatic carbocycles. The van der Waals surface area contributed by atoms with Gasteiger partial charge in [-0.05, 0) is 17.5 Å². The Kier molecular flexibility index (Phi) is 2.95. The summed E-state index contributed by atoms with van der Waals surface area (Å²) in [6.45, 7) is 6.51. The van der Waals surface area contributed by atoms with Crippen LogP contribution in [0.4, 0.5) is 0 Å². The highest BCUT2D eigenvalue weighted by Crippen LogP contribution is 2.33. The van der Waals surface area contributed by atoms with E-state index in [9.17, 15) is 4.79 Å². The minimum atomic E-state index is -0.296. The predicted molar refractivity (Wildman–Crippen MR) is 70.4 cm³/mol. The molecule has 2 heterocycles. The van der Waals surface area contributed by atoms with Crippen LogP contribution in [0, 0.1) is 0 Å². The van der Waals surface area contributed by atoms with Crippen LogP contribution in [0.1, 0.15) is 36.6 Å². The average Bonchev–Trinajstić information content (AvgIpc) is 2.82. The number of rotatable bonds is 1. The molecule has 5 heteroatoms. The van der Waals surface area contributed by atoms with Crippen LogP contribution in [-0.4, -0.2) is 18.9 Å². The van der Waals surface area contributed by atoms with Gasteiger partial charge in [0.05, 0.1) is 0 Å². The van der Waals surface area contributed by atoms with E-state index in [0.717, 1.165) is 4.88 Å². The maximum Gasteiger partial charge on any atom is 0.254 e. The first kappa shape index (κ1) is 12.1. The van der Waals surface area contributed by atoms with Crippen molar-refractivity contribution in [3.8, 4) is 0 Å². The number of carbonyl (C=O) groups excluding carboxylic acids is 1. The lowest BCUT2D eigenvalue weighted by Gasteiger charge is -2.15. The van der Waals surface area contributed by atoms with Crippen molar-refractivity contribution in [2.45, 2.75) is 32.2 Å². The van der Waals surface area contributed by atoms with Crippen molar-refractivity contribution in [2.75, 3.05) is 7.05 Å². The number of hydrogen-bond acceptors (Lipinski definition) is 3. The first-order valence-corrected chi connectivity index (χ1v) is 6.38. The third-order valence-electron chi connectivity index (χ3n) is 2.66. The van der Waals surface area contributed by atoms with Crippen LogP contribution >= 0.6 is 11.3 Å². The van der Waals surface area contributed by atoms with Gasteiger partial charge in [0.25, 0.3) is 5.91 Å². The van der Waals surface area contributed by atoms with Crippen molar-refractivity contribution >= 4 is 23.2 Å². The van der Waals surface area contributed by atoms with Crippen molar-refractivity contribution in [3.63, 3.8) is 0 Å². The molecule has 0 saturated carbocycles. The zero-order chi connectivity index (χ0) is 12.6. The predicted octanol–water partition coefficient (Wildman–Crippen LogP) is 1.79. The minimum absolute atomic E-state index is 0.0343. The lowest BCUT2D eigenvalue weighted by Crippen LogP contribution is -2.24. The third kappa shape index (κ3) is 2.34. The van der Waals surface area contributed by atoms with Gasteiger partial charge < -0.3 is 5.32 Å². The van der Waals surface area contributed by atoms with Gasteiger partial charge in [0.2, 0.25) is 0 Å². The maximum absolute atomic E-state index is 11.8. The molecular formula is C12H17N3OS. The van der Waals surface area contributed by atoms with Crippen LogP contribution in [0.5, 0.6) is 0 Å². The highest BCUT2D eigenvalue weighted by molar-refractivity contribution is 7.12. The summed E-state index contributed by atoms with van der Waals surface area (Å²) in [6, 6.07) is 3.81. The molecule has 0 bridgehead atoms. The molecule has 1 aromatic heterocycles. The first-order chi connectivity index (χ1) is 7.91. The summed E-state index contributed by atoms with van der Waals surface area (Å²) in [7, 11) is 1.65. The van der Waals surface area contributed by atoms with E-state index in [1.807, 2.05) is 6.07 Å². The van der Waals surface area contributed by atoms with Gasteiger partial charge in [-0.2, -0.15) is 0 Å². The number of nitrogens with one attached hydrogen (secondary N) is 2. The van der Waals surface area contributed by atoms with Gasteiger partial charge in [-0.3, -0.25) is 15.1 Å². The van der Waals surface area contributed by atoms with Crippen LogP contribution < -0.4 is 10.6 Å². The van der Waals surface area contributed by atoms with Gasteiger partial charge in [-0.1, -0.05) is 20.8 Å². The van der Waals surface area contributed by atoms with Gasteiger partial charge in [-0.25, -0.2) is 0 Å². The second kappa shape index (κ2) is 4.14. The molecular weight excluding hydrogens is 234 g/mol. The van der Waals surface area contributed by atoms with Crippen LogP contribution in [0.15, 0.2) is 17.1 Å². The van der Waals surface area contributed by atoms with E-state index >= 15 is 0 Å². The molecule has 0 aromatic carbocycles. The zero-order valence-electron chi connectivity index (χ0n) is 10.5. The summed E-state index contributed by atoms with van der Waals surface area (Å²) in [5, 5.41) is 5.78. The number of guanidine groups is 1. The number of nitrogens with zero attached hydrogens (tertiary/aromatic N) is 1. The number of thiophene rings is 1. The van der Waals surface area contributed by atoms with Crippen LogP contribution in [0.3, 0.4) is 0 Å². The lowest BCUT2D eigenvalue weighted by molar-refractivity contribution is -0.120. The fourth-order valence-corrected chi connectivity index (χ4v) is 2.78. The number of carbonyl (C=O) groups is 1. The summed E-state index contributed by atoms with van der Waals surface area (Å²) in [5.74, 6) is 0.513. The van der Waals surface area contributed by atoms with Gasteiger partial charge in [0.15, 0.2) is 5.96 Å². The second-order valence-corrected chi connectivity index (χ2v) is 6.21. The molecule has 2 rings (SSSR count). The monoisotopic (exact) mass is 251 g/mol. The van der Waals surface area contributed by atoms with Gasteiger partial charge >= 0.3 is 0 Å². The Bertz CT molecular complexity index is 470. The Hall–Kier alpha value is -1.36. The molecule has 0 spiro atoms.